The first kappa shape index (κ1) is 12.0. The molecule has 1 heterocycles. The van der Waals surface area contributed by atoms with Gasteiger partial charge in [0.2, 0.25) is 0 Å². The number of esters is 1. The van der Waals surface area contributed by atoms with E-state index in [1.165, 1.54) is 22.9 Å². The van der Waals surface area contributed by atoms with Gasteiger partial charge in [0.15, 0.2) is 5.56 Å². The van der Waals surface area contributed by atoms with Gasteiger partial charge < -0.3 is 14.4 Å². The minimum absolute atomic E-state index is 0.147. The van der Waals surface area contributed by atoms with Crippen LogP contribution in [0.25, 0.3) is 0 Å². The topological polar surface area (TPSA) is 68.5 Å². The maximum absolute atomic E-state index is 11.8. The minimum atomic E-state index is -0.816. The fourth-order valence-electron chi connectivity index (χ4n) is 1.24. The molecule has 16 heavy (non-hydrogen) atoms. The SMILES string of the molecule is C=CCn1ccc(O)c(C(=O)OCC)c1=O. The molecular weight excluding hydrogens is 210 g/mol. The minimum Gasteiger partial charge on any atom is -0.507 e. The second-order valence-corrected chi connectivity index (χ2v) is 3.04. The highest BCUT2D eigenvalue weighted by Crippen LogP contribution is 2.12. The molecule has 0 aliphatic heterocycles. The van der Waals surface area contributed by atoms with E-state index in [9.17, 15) is 14.7 Å². The Morgan fingerprint density at radius 3 is 2.94 bits per heavy atom. The predicted octanol–water partition coefficient (Wildman–Crippen LogP) is 0.917. The van der Waals surface area contributed by atoms with E-state index < -0.39 is 11.5 Å². The second kappa shape index (κ2) is 5.16. The first-order chi connectivity index (χ1) is 7.61. The van der Waals surface area contributed by atoms with Gasteiger partial charge in [-0.05, 0) is 13.0 Å². The Hall–Kier alpha value is -2.04. The quantitative estimate of drug-likeness (QED) is 0.608. The number of carbonyl (C=O) groups excluding carboxylic acids is 1. The van der Waals surface area contributed by atoms with Gasteiger partial charge in [0.25, 0.3) is 5.56 Å². The lowest BCUT2D eigenvalue weighted by atomic mass is 10.2. The Morgan fingerprint density at radius 2 is 2.38 bits per heavy atom. The maximum Gasteiger partial charge on any atom is 0.347 e. The molecule has 0 aromatic carbocycles. The van der Waals surface area contributed by atoms with Crippen molar-refractivity contribution in [2.24, 2.45) is 0 Å². The van der Waals surface area contributed by atoms with Gasteiger partial charge in [0, 0.05) is 12.7 Å². The summed E-state index contributed by atoms with van der Waals surface area (Å²) in [6.45, 7) is 5.53. The van der Waals surface area contributed by atoms with E-state index in [-0.39, 0.29) is 24.5 Å². The molecule has 1 aromatic rings. The zero-order valence-electron chi connectivity index (χ0n) is 8.97. The number of hydrogen-bond donors (Lipinski definition) is 1. The lowest BCUT2D eigenvalue weighted by Crippen LogP contribution is -2.26. The van der Waals surface area contributed by atoms with Gasteiger partial charge >= 0.3 is 5.97 Å². The number of hydrogen-bond acceptors (Lipinski definition) is 4. The van der Waals surface area contributed by atoms with E-state index in [2.05, 4.69) is 11.3 Å². The number of allylic oxidation sites excluding steroid dienone is 1. The van der Waals surface area contributed by atoms with Crippen LogP contribution < -0.4 is 5.56 Å². The number of nitrogens with zero attached hydrogens (tertiary/aromatic N) is 1. The fraction of sp³-hybridized carbons (Fsp3) is 0.273. The molecule has 5 nitrogen and oxygen atoms in total. The molecule has 0 atom stereocenters. The molecule has 0 aliphatic carbocycles. The highest BCUT2D eigenvalue weighted by Gasteiger charge is 2.18. The predicted molar refractivity (Wildman–Crippen MR) is 58.5 cm³/mol. The molecule has 0 radical (unpaired) electrons. The summed E-state index contributed by atoms with van der Waals surface area (Å²) in [5, 5.41) is 9.44. The molecule has 0 fully saturated rings. The number of ether oxygens (including phenoxy) is 1. The van der Waals surface area contributed by atoms with Crippen molar-refractivity contribution in [3.8, 4) is 5.75 Å². The fourth-order valence-corrected chi connectivity index (χ4v) is 1.24. The summed E-state index contributed by atoms with van der Waals surface area (Å²) < 4.78 is 5.95. The van der Waals surface area contributed by atoms with Gasteiger partial charge in [-0.1, -0.05) is 6.08 Å². The van der Waals surface area contributed by atoms with Crippen LogP contribution in [0.5, 0.6) is 5.75 Å². The van der Waals surface area contributed by atoms with Crippen LogP contribution in [0.15, 0.2) is 29.7 Å². The summed E-state index contributed by atoms with van der Waals surface area (Å²) in [5.41, 5.74) is -0.926. The normalized spacial score (nSPS) is 9.81. The number of pyridine rings is 1. The van der Waals surface area contributed by atoms with Crippen LogP contribution in [0.2, 0.25) is 0 Å². The van der Waals surface area contributed by atoms with E-state index in [0.717, 1.165) is 0 Å². The van der Waals surface area contributed by atoms with Gasteiger partial charge in [-0.3, -0.25) is 4.79 Å². The Bertz CT molecular complexity index is 462. The lowest BCUT2D eigenvalue weighted by molar-refractivity contribution is 0.0520. The molecule has 0 aliphatic rings. The zero-order valence-corrected chi connectivity index (χ0v) is 8.97. The monoisotopic (exact) mass is 223 g/mol. The summed E-state index contributed by atoms with van der Waals surface area (Å²) in [7, 11) is 0. The molecule has 5 heteroatoms. The smallest absolute Gasteiger partial charge is 0.347 e. The summed E-state index contributed by atoms with van der Waals surface area (Å²) >= 11 is 0. The van der Waals surface area contributed by atoms with Crippen molar-refractivity contribution in [3.05, 3.63) is 40.8 Å². The van der Waals surface area contributed by atoms with Gasteiger partial charge in [0.05, 0.1) is 6.61 Å². The average Bonchev–Trinajstić information content (AvgIpc) is 2.23. The van der Waals surface area contributed by atoms with Crippen LogP contribution >= 0.6 is 0 Å². The van der Waals surface area contributed by atoms with Crippen LogP contribution in [-0.4, -0.2) is 22.2 Å². The zero-order chi connectivity index (χ0) is 12.1. The first-order valence-electron chi connectivity index (χ1n) is 4.82. The van der Waals surface area contributed by atoms with Crippen molar-refractivity contribution in [1.29, 1.82) is 0 Å². The lowest BCUT2D eigenvalue weighted by Gasteiger charge is -2.07. The molecule has 0 unspecified atom stereocenters. The van der Waals surface area contributed by atoms with Crippen molar-refractivity contribution in [3.63, 3.8) is 0 Å². The van der Waals surface area contributed by atoms with Crippen molar-refractivity contribution in [2.75, 3.05) is 6.61 Å². The molecule has 0 saturated heterocycles. The van der Waals surface area contributed by atoms with Gasteiger partial charge in [-0.15, -0.1) is 6.58 Å². The average molecular weight is 223 g/mol. The van der Waals surface area contributed by atoms with Crippen molar-refractivity contribution in [2.45, 2.75) is 13.5 Å². The largest absolute Gasteiger partial charge is 0.507 e. The summed E-state index contributed by atoms with van der Waals surface area (Å²) in [5.74, 6) is -1.19. The van der Waals surface area contributed by atoms with Crippen molar-refractivity contribution < 1.29 is 14.6 Å². The molecule has 0 saturated carbocycles. The molecule has 0 amide bonds. The van der Waals surface area contributed by atoms with Crippen LogP contribution in [0.1, 0.15) is 17.3 Å². The highest BCUT2D eigenvalue weighted by molar-refractivity contribution is 5.91. The van der Waals surface area contributed by atoms with E-state index >= 15 is 0 Å². The van der Waals surface area contributed by atoms with Gasteiger partial charge in [-0.2, -0.15) is 0 Å². The molecular formula is C11H13NO4. The van der Waals surface area contributed by atoms with Crippen LogP contribution in [0.3, 0.4) is 0 Å². The molecule has 1 rings (SSSR count). The third-order valence-corrected chi connectivity index (χ3v) is 1.95. The number of carbonyl (C=O) groups is 1. The molecule has 1 aromatic heterocycles. The molecule has 0 bridgehead atoms. The van der Waals surface area contributed by atoms with Crippen LogP contribution in [-0.2, 0) is 11.3 Å². The maximum atomic E-state index is 11.8. The number of rotatable bonds is 4. The Morgan fingerprint density at radius 1 is 1.69 bits per heavy atom. The molecule has 0 spiro atoms. The first-order valence-corrected chi connectivity index (χ1v) is 4.82. The third kappa shape index (κ3) is 2.31. The third-order valence-electron chi connectivity index (χ3n) is 1.95. The van der Waals surface area contributed by atoms with E-state index in [1.807, 2.05) is 0 Å². The number of aromatic nitrogens is 1. The van der Waals surface area contributed by atoms with Crippen LogP contribution in [0.4, 0.5) is 0 Å². The van der Waals surface area contributed by atoms with Crippen molar-refractivity contribution in [1.82, 2.24) is 4.57 Å². The van der Waals surface area contributed by atoms with Crippen LogP contribution in [0, 0.1) is 0 Å². The van der Waals surface area contributed by atoms with Gasteiger partial charge in [0.1, 0.15) is 5.75 Å². The summed E-state index contributed by atoms with van der Waals surface area (Å²) in [4.78, 5) is 23.2. The van der Waals surface area contributed by atoms with Gasteiger partial charge in [-0.25, -0.2) is 4.79 Å². The summed E-state index contributed by atoms with van der Waals surface area (Å²) in [6, 6.07) is 1.27. The second-order valence-electron chi connectivity index (χ2n) is 3.04. The van der Waals surface area contributed by atoms with Crippen molar-refractivity contribution >= 4 is 5.97 Å². The highest BCUT2D eigenvalue weighted by atomic mass is 16.5. The Kier molecular flexibility index (Phi) is 3.88. The summed E-state index contributed by atoms with van der Waals surface area (Å²) in [6.07, 6.45) is 2.91. The standard InChI is InChI=1S/C11H13NO4/c1-3-6-12-7-5-8(13)9(10(12)14)11(15)16-4-2/h3,5,7,13H,1,4,6H2,2H3. The van der Waals surface area contributed by atoms with E-state index in [0.29, 0.717) is 0 Å². The molecule has 86 valence electrons. The Balaban J connectivity index is 3.26. The Labute approximate surface area is 92.6 Å². The molecule has 1 N–H and O–H groups in total. The van der Waals surface area contributed by atoms with E-state index in [1.54, 1.807) is 6.92 Å². The number of aromatic hydroxyl groups is 1. The van der Waals surface area contributed by atoms with E-state index in [4.69, 9.17) is 0 Å².